The fourth-order valence-corrected chi connectivity index (χ4v) is 9.75. The number of phenolic OH excluding ortho intramolecular Hbond substituents is 1. The van der Waals surface area contributed by atoms with Crippen molar-refractivity contribution in [2.75, 3.05) is 44.4 Å². The third-order valence-electron chi connectivity index (χ3n) is 14.4. The lowest BCUT2D eigenvalue weighted by Gasteiger charge is -2.35. The number of unbranched alkanes of at least 4 members (excludes halogenated alkanes) is 1. The first kappa shape index (κ1) is 71.4. The van der Waals surface area contributed by atoms with Crippen molar-refractivity contribution in [1.82, 2.24) is 52.3 Å². The highest BCUT2D eigenvalue weighted by molar-refractivity contribution is 7.80. The maximum Gasteiger partial charge on any atom is 0.326 e. The van der Waals surface area contributed by atoms with E-state index in [0.717, 1.165) is 0 Å². The zero-order valence-corrected chi connectivity index (χ0v) is 49.0. The molecule has 0 bridgehead atoms. The standard InChI is InChI=1S/C52H83N13O17S2/c1-4-26(2)40(62-45(74)34(23-67)59-43(72)31(9-5-6-18-53)57-49(78)41(27(3)68)63-47(76)36(25-84)60-42(71)30(54)22-66)51(80)65-20-8-11-38(65)50(79)64-19-7-10-37(64)48(77)56-32(16-17-39(55)70)44(73)61-35(24-83)46(75)58-33(52(81)82)21-28-12-14-29(69)15-13-28/h12-15,26-27,30-38,40-41,66-69,83-84H,4-11,16-25,53-54H2,1-3H3,(H2,55,70)(H,56,77)(H,57,78)(H,58,75)(H,59,72)(H,60,71)(H,61,73)(H,62,74)(H,63,76)(H,81,82)/t26-,27+,30-,31-,32-,33-,34-,35-,36-,37-,38-,40-,41-/m0/s1. The Morgan fingerprint density at radius 2 is 1.13 bits per heavy atom. The van der Waals surface area contributed by atoms with E-state index in [1.807, 2.05) is 0 Å². The van der Waals surface area contributed by atoms with E-state index in [2.05, 4.69) is 67.8 Å². The summed E-state index contributed by atoms with van der Waals surface area (Å²) in [5.41, 5.74) is 17.1. The van der Waals surface area contributed by atoms with Crippen LogP contribution in [-0.2, 0) is 64.0 Å². The van der Waals surface area contributed by atoms with Crippen molar-refractivity contribution in [3.05, 3.63) is 29.8 Å². The normalized spacial score (nSPS) is 18.8. The van der Waals surface area contributed by atoms with Crippen molar-refractivity contribution in [3.8, 4) is 5.75 Å². The number of thiol groups is 2. The molecule has 1 aromatic carbocycles. The molecule has 30 nitrogen and oxygen atoms in total. The second-order valence-electron chi connectivity index (χ2n) is 20.7. The van der Waals surface area contributed by atoms with Gasteiger partial charge in [0.1, 0.15) is 72.2 Å². The molecule has 32 heteroatoms. The molecule has 0 spiro atoms. The number of carbonyl (C=O) groups excluding carboxylic acids is 11. The molecule has 2 fully saturated rings. The van der Waals surface area contributed by atoms with E-state index < -0.39 is 169 Å². The minimum absolute atomic E-state index is 0.0576. The van der Waals surface area contributed by atoms with Crippen LogP contribution >= 0.6 is 25.3 Å². The number of nitrogens with zero attached hydrogens (tertiary/aromatic N) is 2. The van der Waals surface area contributed by atoms with Gasteiger partial charge in [-0.1, -0.05) is 32.4 Å². The van der Waals surface area contributed by atoms with Gasteiger partial charge in [0.25, 0.3) is 0 Å². The number of primary amides is 1. The highest BCUT2D eigenvalue weighted by Crippen LogP contribution is 2.27. The van der Waals surface area contributed by atoms with E-state index in [-0.39, 0.29) is 75.4 Å². The molecule has 84 heavy (non-hydrogen) atoms. The van der Waals surface area contributed by atoms with Crippen LogP contribution in [0.3, 0.4) is 0 Å². The fraction of sp³-hybridized carbons (Fsp3) is 0.654. The maximum absolute atomic E-state index is 14.6. The summed E-state index contributed by atoms with van der Waals surface area (Å²) in [6.45, 7) is 3.15. The van der Waals surface area contributed by atoms with Crippen LogP contribution in [0.25, 0.3) is 0 Å². The van der Waals surface area contributed by atoms with Crippen LogP contribution in [0.4, 0.5) is 0 Å². The highest BCUT2D eigenvalue weighted by Gasteiger charge is 2.45. The second-order valence-corrected chi connectivity index (χ2v) is 21.4. The Balaban J connectivity index is 1.77. The number of benzene rings is 1. The van der Waals surface area contributed by atoms with E-state index in [1.165, 1.54) is 41.0 Å². The minimum Gasteiger partial charge on any atom is -0.508 e. The zero-order valence-electron chi connectivity index (χ0n) is 47.2. The number of aromatic hydroxyl groups is 1. The number of aliphatic hydroxyl groups is 3. The summed E-state index contributed by atoms with van der Waals surface area (Å²) >= 11 is 8.22. The first-order valence-electron chi connectivity index (χ1n) is 27.7. The van der Waals surface area contributed by atoms with Gasteiger partial charge in [0, 0.05) is 37.4 Å². The number of rotatable bonds is 35. The number of carboxylic acid groups (broad SMARTS) is 1. The molecule has 0 aromatic heterocycles. The van der Waals surface area contributed by atoms with Gasteiger partial charge in [-0.25, -0.2) is 4.79 Å². The predicted octanol–water partition coefficient (Wildman–Crippen LogP) is -6.13. The molecule has 2 heterocycles. The van der Waals surface area contributed by atoms with Crippen LogP contribution in [0.1, 0.15) is 90.5 Å². The lowest BCUT2D eigenvalue weighted by atomic mass is 9.96. The Bertz CT molecular complexity index is 2460. The lowest BCUT2D eigenvalue weighted by molar-refractivity contribution is -0.149. The Hall–Kier alpha value is -6.84. The van der Waals surface area contributed by atoms with E-state index in [9.17, 15) is 83.1 Å². The number of phenols is 1. The number of carboxylic acids is 1. The SMILES string of the molecule is CC[C@H](C)[C@H](NC(=O)[C@H](CO)NC(=O)[C@H](CCCCN)NC(=O)[C@@H](NC(=O)[C@H](CS)NC(=O)[C@@H](N)CO)[C@@H](C)O)C(=O)N1CCC[C@H]1C(=O)N1CCC[C@H]1C(=O)N[C@@H](CCC(N)=O)C(=O)N[C@@H](CS)C(=O)N[C@@H](Cc1ccc(O)cc1)C(=O)O. The summed E-state index contributed by atoms with van der Waals surface area (Å²) < 4.78 is 0. The monoisotopic (exact) mass is 1230 g/mol. The van der Waals surface area contributed by atoms with Crippen LogP contribution in [-0.4, -0.2) is 223 Å². The molecule has 0 unspecified atom stereocenters. The van der Waals surface area contributed by atoms with Gasteiger partial charge in [0.15, 0.2) is 0 Å². The van der Waals surface area contributed by atoms with Crippen molar-refractivity contribution in [2.24, 2.45) is 23.1 Å². The van der Waals surface area contributed by atoms with Crippen LogP contribution in [0.15, 0.2) is 24.3 Å². The topological polar surface area (TPSA) is 487 Å². The van der Waals surface area contributed by atoms with Crippen LogP contribution in [0.5, 0.6) is 5.75 Å². The number of nitrogens with two attached hydrogens (primary N) is 3. The van der Waals surface area contributed by atoms with Gasteiger partial charge in [0.05, 0.1) is 19.3 Å². The summed E-state index contributed by atoms with van der Waals surface area (Å²) in [5, 5.41) is 69.0. The quantitative estimate of drug-likeness (QED) is 0.0222. The Morgan fingerprint density at radius 3 is 1.67 bits per heavy atom. The average Bonchev–Trinajstić information content (AvgIpc) is 3.86. The molecule has 2 aliphatic heterocycles. The van der Waals surface area contributed by atoms with Crippen molar-refractivity contribution in [3.63, 3.8) is 0 Å². The minimum atomic E-state index is -1.72. The van der Waals surface area contributed by atoms with Gasteiger partial charge in [-0.15, -0.1) is 0 Å². The number of aliphatic carboxylic acids is 1. The number of likely N-dealkylation sites (tertiary alicyclic amines) is 2. The van der Waals surface area contributed by atoms with Crippen LogP contribution in [0.2, 0.25) is 0 Å². The molecule has 2 saturated heterocycles. The summed E-state index contributed by atoms with van der Waals surface area (Å²) in [6.07, 6.45) is -0.668. The summed E-state index contributed by atoms with van der Waals surface area (Å²) in [6, 6.07) is -10.0. The van der Waals surface area contributed by atoms with Gasteiger partial charge in [0.2, 0.25) is 65.0 Å². The molecule has 1 aromatic rings. The molecule has 2 aliphatic rings. The lowest BCUT2D eigenvalue weighted by Crippen LogP contribution is -2.62. The molecule has 0 radical (unpaired) electrons. The fourth-order valence-electron chi connectivity index (χ4n) is 9.23. The third-order valence-corrected chi connectivity index (χ3v) is 15.1. The van der Waals surface area contributed by atoms with Crippen molar-refractivity contribution >= 4 is 96.2 Å². The van der Waals surface area contributed by atoms with Gasteiger partial charge in [-0.3, -0.25) is 52.7 Å². The van der Waals surface area contributed by atoms with Crippen molar-refractivity contribution < 1.29 is 83.1 Å². The highest BCUT2D eigenvalue weighted by atomic mass is 32.1. The largest absolute Gasteiger partial charge is 0.508 e. The Labute approximate surface area is 496 Å². The van der Waals surface area contributed by atoms with Gasteiger partial charge in [-0.05, 0) is 88.4 Å². The predicted molar refractivity (Wildman–Crippen MR) is 307 cm³/mol. The number of carbonyl (C=O) groups is 12. The Kier molecular flexibility index (Phi) is 30.1. The van der Waals surface area contributed by atoms with E-state index in [0.29, 0.717) is 31.2 Å². The van der Waals surface area contributed by atoms with Crippen molar-refractivity contribution in [1.29, 1.82) is 0 Å². The molecular formula is C52H83N13O17S2. The first-order chi connectivity index (χ1) is 39.8. The van der Waals surface area contributed by atoms with Gasteiger partial charge < -0.3 is 95.1 Å². The number of hydrogen-bond donors (Lipinski definition) is 18. The van der Waals surface area contributed by atoms with Gasteiger partial charge >= 0.3 is 5.97 Å². The average molecular weight is 1230 g/mol. The molecule has 19 N–H and O–H groups in total. The summed E-state index contributed by atoms with van der Waals surface area (Å²) in [7, 11) is 0. The van der Waals surface area contributed by atoms with Crippen molar-refractivity contribution in [2.45, 2.75) is 164 Å². The molecule has 13 atom stereocenters. The van der Waals surface area contributed by atoms with E-state index in [1.54, 1.807) is 13.8 Å². The molecule has 3 rings (SSSR count). The molecule has 470 valence electrons. The van der Waals surface area contributed by atoms with Gasteiger partial charge in [-0.2, -0.15) is 25.3 Å². The summed E-state index contributed by atoms with van der Waals surface area (Å²) in [5.74, 6) is -12.4. The second kappa shape index (κ2) is 35.5. The zero-order chi connectivity index (χ0) is 63.0. The molecular weight excluding hydrogens is 1140 g/mol. The summed E-state index contributed by atoms with van der Waals surface area (Å²) in [4.78, 5) is 164. The van der Waals surface area contributed by atoms with Crippen LogP contribution in [0, 0.1) is 5.92 Å². The first-order valence-corrected chi connectivity index (χ1v) is 28.9. The Morgan fingerprint density at radius 1 is 0.631 bits per heavy atom. The molecule has 0 aliphatic carbocycles. The molecule has 11 amide bonds. The number of hydrogen-bond acceptors (Lipinski definition) is 20. The maximum atomic E-state index is 14.6. The van der Waals surface area contributed by atoms with Crippen LogP contribution < -0.4 is 59.7 Å². The van der Waals surface area contributed by atoms with E-state index >= 15 is 0 Å². The number of aliphatic hydroxyl groups excluding tert-OH is 3. The number of amides is 11. The number of nitrogens with one attached hydrogen (secondary N) is 8. The molecule has 0 saturated carbocycles. The van der Waals surface area contributed by atoms with E-state index in [4.69, 9.17) is 17.2 Å². The third kappa shape index (κ3) is 21.3. The smallest absolute Gasteiger partial charge is 0.326 e.